The molecule has 2 aromatic carbocycles. The zero-order valence-electron chi connectivity index (χ0n) is 19.4. The van der Waals surface area contributed by atoms with Gasteiger partial charge in [0, 0.05) is 24.7 Å². The largest absolute Gasteiger partial charge is 0.490 e. The number of nitrogens with one attached hydrogen (secondary N) is 1. The van der Waals surface area contributed by atoms with E-state index in [1.165, 1.54) is 0 Å². The van der Waals surface area contributed by atoms with Gasteiger partial charge >= 0.3 is 0 Å². The van der Waals surface area contributed by atoms with E-state index in [2.05, 4.69) is 10.4 Å². The van der Waals surface area contributed by atoms with E-state index in [0.717, 1.165) is 37.9 Å². The molecule has 0 bridgehead atoms. The molecule has 8 heteroatoms. The molecule has 0 saturated carbocycles. The number of ether oxygens (including phenoxy) is 2. The molecule has 4 rings (SSSR count). The van der Waals surface area contributed by atoms with Crippen molar-refractivity contribution in [1.82, 2.24) is 14.7 Å². The lowest BCUT2D eigenvalue weighted by Gasteiger charge is -2.26. The first-order valence-electron chi connectivity index (χ1n) is 11.7. The Morgan fingerprint density at radius 2 is 1.76 bits per heavy atom. The molecule has 8 nitrogen and oxygen atoms in total. The molecule has 0 radical (unpaired) electrons. The number of piperidine rings is 1. The first-order valence-corrected chi connectivity index (χ1v) is 11.7. The Morgan fingerprint density at radius 1 is 0.971 bits per heavy atom. The smallest absolute Gasteiger partial charge is 0.260 e. The number of carbonyl (C=O) groups is 2. The number of nitrogens with zero attached hydrogens (tertiary/aromatic N) is 3. The van der Waals surface area contributed by atoms with Gasteiger partial charge in [0.1, 0.15) is 5.82 Å². The Bertz CT molecular complexity index is 1110. The second-order valence-electron chi connectivity index (χ2n) is 8.14. The van der Waals surface area contributed by atoms with Gasteiger partial charge in [0.15, 0.2) is 18.1 Å². The molecule has 0 aliphatic carbocycles. The Kier molecular flexibility index (Phi) is 7.80. The number of benzene rings is 2. The summed E-state index contributed by atoms with van der Waals surface area (Å²) in [4.78, 5) is 27.2. The summed E-state index contributed by atoms with van der Waals surface area (Å²) >= 11 is 0. The van der Waals surface area contributed by atoms with Gasteiger partial charge in [0.05, 0.1) is 19.3 Å². The summed E-state index contributed by atoms with van der Waals surface area (Å²) in [5.74, 6) is 1.15. The van der Waals surface area contributed by atoms with Gasteiger partial charge in [-0.05, 0) is 49.9 Å². The highest BCUT2D eigenvalue weighted by atomic mass is 16.5. The molecular weight excluding hydrogens is 432 g/mol. The Labute approximate surface area is 199 Å². The van der Waals surface area contributed by atoms with Crippen LogP contribution in [0.15, 0.2) is 60.8 Å². The molecule has 1 saturated heterocycles. The van der Waals surface area contributed by atoms with Crippen LogP contribution in [0.1, 0.15) is 42.1 Å². The van der Waals surface area contributed by atoms with Gasteiger partial charge in [-0.1, -0.05) is 30.3 Å². The summed E-state index contributed by atoms with van der Waals surface area (Å²) < 4.78 is 13.2. The maximum atomic E-state index is 12.9. The van der Waals surface area contributed by atoms with Gasteiger partial charge in [-0.3, -0.25) is 9.59 Å². The highest BCUT2D eigenvalue weighted by Crippen LogP contribution is 2.29. The van der Waals surface area contributed by atoms with Gasteiger partial charge in [-0.15, -0.1) is 0 Å². The number of likely N-dealkylation sites (tertiary alicyclic amines) is 1. The van der Waals surface area contributed by atoms with E-state index in [4.69, 9.17) is 9.47 Å². The molecule has 1 fully saturated rings. The normalized spacial score (nSPS) is 13.4. The standard InChI is InChI=1S/C26H30N4O4/c1-2-33-23-17-21(11-12-22(23)34-19-25(31)29-15-7-4-8-16-29)26(32)28-24-13-14-27-30(24)18-20-9-5-3-6-10-20/h3,5-6,9-14,17H,2,4,7-8,15-16,18-19H2,1H3,(H,28,32). The lowest BCUT2D eigenvalue weighted by molar-refractivity contribution is -0.134. The molecule has 2 heterocycles. The maximum absolute atomic E-state index is 12.9. The third kappa shape index (κ3) is 5.95. The molecule has 1 aromatic heterocycles. The quantitative estimate of drug-likeness (QED) is 0.520. The van der Waals surface area contributed by atoms with Crippen LogP contribution in [0.3, 0.4) is 0 Å². The molecule has 178 valence electrons. The first kappa shape index (κ1) is 23.4. The third-order valence-electron chi connectivity index (χ3n) is 5.70. The van der Waals surface area contributed by atoms with Crippen molar-refractivity contribution in [2.45, 2.75) is 32.7 Å². The molecule has 0 atom stereocenters. The molecule has 0 spiro atoms. The highest BCUT2D eigenvalue weighted by molar-refractivity contribution is 6.04. The zero-order valence-corrected chi connectivity index (χ0v) is 19.4. The average Bonchev–Trinajstić information content (AvgIpc) is 3.30. The second-order valence-corrected chi connectivity index (χ2v) is 8.14. The number of amides is 2. The Hall–Kier alpha value is -3.81. The summed E-state index contributed by atoms with van der Waals surface area (Å²) in [6.45, 7) is 4.32. The summed E-state index contributed by atoms with van der Waals surface area (Å²) in [6, 6.07) is 16.6. The van der Waals surface area contributed by atoms with E-state index in [-0.39, 0.29) is 18.4 Å². The fourth-order valence-corrected chi connectivity index (χ4v) is 3.92. The summed E-state index contributed by atoms with van der Waals surface area (Å²) in [5.41, 5.74) is 1.51. The van der Waals surface area contributed by atoms with Gasteiger partial charge in [-0.25, -0.2) is 4.68 Å². The van der Waals surface area contributed by atoms with Crippen molar-refractivity contribution in [3.8, 4) is 11.5 Å². The van der Waals surface area contributed by atoms with E-state index < -0.39 is 0 Å². The second kappa shape index (κ2) is 11.4. The summed E-state index contributed by atoms with van der Waals surface area (Å²) in [7, 11) is 0. The van der Waals surface area contributed by atoms with Crippen molar-refractivity contribution in [2.75, 3.05) is 31.6 Å². The minimum Gasteiger partial charge on any atom is -0.490 e. The summed E-state index contributed by atoms with van der Waals surface area (Å²) in [6.07, 6.45) is 4.88. The van der Waals surface area contributed by atoms with Crippen LogP contribution in [-0.2, 0) is 11.3 Å². The van der Waals surface area contributed by atoms with E-state index in [0.29, 0.717) is 36.0 Å². The predicted molar refractivity (Wildman–Crippen MR) is 129 cm³/mol. The van der Waals surface area contributed by atoms with E-state index >= 15 is 0 Å². The van der Waals surface area contributed by atoms with Crippen molar-refractivity contribution in [2.24, 2.45) is 0 Å². The molecule has 1 N–H and O–H groups in total. The molecule has 1 aliphatic heterocycles. The predicted octanol–water partition coefficient (Wildman–Crippen LogP) is 3.97. The third-order valence-corrected chi connectivity index (χ3v) is 5.70. The van der Waals surface area contributed by atoms with Crippen LogP contribution >= 0.6 is 0 Å². The lowest BCUT2D eigenvalue weighted by atomic mass is 10.1. The van der Waals surface area contributed by atoms with Crippen molar-refractivity contribution < 1.29 is 19.1 Å². The molecule has 3 aromatic rings. The van der Waals surface area contributed by atoms with E-state index in [9.17, 15) is 9.59 Å². The Balaban J connectivity index is 1.42. The molecule has 0 unspecified atom stereocenters. The monoisotopic (exact) mass is 462 g/mol. The van der Waals surface area contributed by atoms with Crippen LogP contribution in [0.4, 0.5) is 5.82 Å². The van der Waals surface area contributed by atoms with Crippen LogP contribution in [0.25, 0.3) is 0 Å². The average molecular weight is 463 g/mol. The molecular formula is C26H30N4O4. The highest BCUT2D eigenvalue weighted by Gasteiger charge is 2.19. The molecule has 1 aliphatic rings. The number of carbonyl (C=O) groups excluding carboxylic acids is 2. The molecule has 2 amide bonds. The summed E-state index contributed by atoms with van der Waals surface area (Å²) in [5, 5.41) is 7.23. The van der Waals surface area contributed by atoms with Crippen molar-refractivity contribution in [1.29, 1.82) is 0 Å². The fraction of sp³-hybridized carbons (Fsp3) is 0.346. The van der Waals surface area contributed by atoms with Crippen LogP contribution < -0.4 is 14.8 Å². The van der Waals surface area contributed by atoms with Crippen molar-refractivity contribution in [3.05, 3.63) is 71.9 Å². The Morgan fingerprint density at radius 3 is 2.53 bits per heavy atom. The van der Waals surface area contributed by atoms with Crippen molar-refractivity contribution >= 4 is 17.6 Å². The van der Waals surface area contributed by atoms with E-state index in [1.807, 2.05) is 42.2 Å². The minimum absolute atomic E-state index is 0.0318. The topological polar surface area (TPSA) is 85.7 Å². The van der Waals surface area contributed by atoms with E-state index in [1.54, 1.807) is 35.1 Å². The lowest BCUT2D eigenvalue weighted by Crippen LogP contribution is -2.38. The number of aromatic nitrogens is 2. The minimum atomic E-state index is -0.285. The van der Waals surface area contributed by atoms with Crippen LogP contribution in [0.2, 0.25) is 0 Å². The van der Waals surface area contributed by atoms with Crippen molar-refractivity contribution in [3.63, 3.8) is 0 Å². The number of hydrogen-bond donors (Lipinski definition) is 1. The maximum Gasteiger partial charge on any atom is 0.260 e. The van der Waals surface area contributed by atoms with Crippen LogP contribution in [0.5, 0.6) is 11.5 Å². The van der Waals surface area contributed by atoms with Gasteiger partial charge in [0.25, 0.3) is 11.8 Å². The number of anilines is 1. The van der Waals surface area contributed by atoms with Gasteiger partial charge in [-0.2, -0.15) is 5.10 Å². The zero-order chi connectivity index (χ0) is 23.8. The first-order chi connectivity index (χ1) is 16.6. The van der Waals surface area contributed by atoms with Crippen LogP contribution in [0, 0.1) is 0 Å². The SMILES string of the molecule is CCOc1cc(C(=O)Nc2ccnn2Cc2ccccc2)ccc1OCC(=O)N1CCCCC1. The fourth-order valence-electron chi connectivity index (χ4n) is 3.92. The molecule has 34 heavy (non-hydrogen) atoms. The number of hydrogen-bond acceptors (Lipinski definition) is 5. The van der Waals surface area contributed by atoms with Gasteiger partial charge in [0.2, 0.25) is 0 Å². The van der Waals surface area contributed by atoms with Crippen LogP contribution in [-0.4, -0.2) is 52.8 Å². The van der Waals surface area contributed by atoms with Gasteiger partial charge < -0.3 is 19.7 Å². The number of rotatable bonds is 9.